The number of methoxy groups -OCH3 is 1. The van der Waals surface area contributed by atoms with Gasteiger partial charge in [0.05, 0.1) is 19.3 Å². The van der Waals surface area contributed by atoms with Gasteiger partial charge in [-0.25, -0.2) is 0 Å². The lowest BCUT2D eigenvalue weighted by molar-refractivity contribution is 0.0685. The van der Waals surface area contributed by atoms with Gasteiger partial charge in [-0.1, -0.05) is 15.9 Å². The number of likely N-dealkylation sites (N-methyl/N-ethyl adjacent to an activating group) is 1. The van der Waals surface area contributed by atoms with Gasteiger partial charge in [0.25, 0.3) is 0 Å². The lowest BCUT2D eigenvalue weighted by Gasteiger charge is -2.30. The molecule has 1 aromatic rings. The van der Waals surface area contributed by atoms with E-state index in [9.17, 15) is 0 Å². The van der Waals surface area contributed by atoms with Crippen LogP contribution < -0.4 is 10.5 Å². The molecule has 1 heterocycles. The van der Waals surface area contributed by atoms with E-state index >= 15 is 0 Å². The summed E-state index contributed by atoms with van der Waals surface area (Å²) in [4.78, 5) is 2.26. The maximum atomic E-state index is 6.00. The van der Waals surface area contributed by atoms with E-state index in [1.54, 1.807) is 7.11 Å². The minimum Gasteiger partial charge on any atom is -0.496 e. The molecule has 1 saturated heterocycles. The van der Waals surface area contributed by atoms with Crippen LogP contribution in [0.2, 0.25) is 0 Å². The molecule has 1 aliphatic rings. The highest BCUT2D eigenvalue weighted by Gasteiger charge is 2.24. The van der Waals surface area contributed by atoms with Crippen LogP contribution in [0.5, 0.6) is 5.75 Å². The SMILES string of the molecule is COc1ccc(Br)cc1C(CN)N(C)CC1CCCO1. The average Bonchev–Trinajstić information content (AvgIpc) is 2.93. The fourth-order valence-corrected chi connectivity index (χ4v) is 3.13. The summed E-state index contributed by atoms with van der Waals surface area (Å²) in [6.07, 6.45) is 2.62. The van der Waals surface area contributed by atoms with Crippen LogP contribution in [0.1, 0.15) is 24.4 Å². The van der Waals surface area contributed by atoms with Crippen LogP contribution in [0.3, 0.4) is 0 Å². The lowest BCUT2D eigenvalue weighted by atomic mass is 10.0. The quantitative estimate of drug-likeness (QED) is 0.863. The molecule has 0 saturated carbocycles. The third kappa shape index (κ3) is 3.73. The van der Waals surface area contributed by atoms with Crippen molar-refractivity contribution in [1.82, 2.24) is 4.90 Å². The van der Waals surface area contributed by atoms with E-state index < -0.39 is 0 Å². The number of hydrogen-bond acceptors (Lipinski definition) is 4. The topological polar surface area (TPSA) is 47.7 Å². The van der Waals surface area contributed by atoms with Crippen molar-refractivity contribution in [3.05, 3.63) is 28.2 Å². The van der Waals surface area contributed by atoms with Gasteiger partial charge in [0.1, 0.15) is 5.75 Å². The predicted octanol–water partition coefficient (Wildman–Crippen LogP) is 2.57. The Hall–Kier alpha value is -0.620. The second-order valence-corrected chi connectivity index (χ2v) is 6.13. The second kappa shape index (κ2) is 7.41. The van der Waals surface area contributed by atoms with Crippen molar-refractivity contribution < 1.29 is 9.47 Å². The standard InChI is InChI=1S/C15H23BrN2O2/c1-18(10-12-4-3-7-20-12)14(9-17)13-8-11(16)5-6-15(13)19-2/h5-6,8,12,14H,3-4,7,9-10,17H2,1-2H3. The zero-order chi connectivity index (χ0) is 14.5. The summed E-state index contributed by atoms with van der Waals surface area (Å²) in [5.41, 5.74) is 7.12. The second-order valence-electron chi connectivity index (χ2n) is 5.21. The molecule has 0 aromatic heterocycles. The largest absolute Gasteiger partial charge is 0.496 e. The van der Waals surface area contributed by atoms with Crippen molar-refractivity contribution in [3.63, 3.8) is 0 Å². The minimum absolute atomic E-state index is 0.131. The number of halogens is 1. The van der Waals surface area contributed by atoms with Gasteiger partial charge < -0.3 is 15.2 Å². The van der Waals surface area contributed by atoms with Crippen LogP contribution >= 0.6 is 15.9 Å². The van der Waals surface area contributed by atoms with E-state index in [4.69, 9.17) is 15.2 Å². The summed E-state index contributed by atoms with van der Waals surface area (Å²) in [5.74, 6) is 0.878. The first kappa shape index (κ1) is 15.8. The molecule has 0 bridgehead atoms. The Bertz CT molecular complexity index is 436. The van der Waals surface area contributed by atoms with Crippen LogP contribution in [-0.4, -0.2) is 44.9 Å². The first-order valence-corrected chi connectivity index (χ1v) is 7.80. The normalized spacial score (nSPS) is 20.4. The number of benzene rings is 1. The number of ether oxygens (including phenoxy) is 2. The first-order valence-electron chi connectivity index (χ1n) is 7.01. The molecule has 0 aliphatic carbocycles. The maximum Gasteiger partial charge on any atom is 0.123 e. The van der Waals surface area contributed by atoms with E-state index in [-0.39, 0.29) is 6.04 Å². The molecule has 0 radical (unpaired) electrons. The molecular weight excluding hydrogens is 320 g/mol. The smallest absolute Gasteiger partial charge is 0.123 e. The van der Waals surface area contributed by atoms with E-state index in [1.807, 2.05) is 12.1 Å². The third-order valence-corrected chi connectivity index (χ3v) is 4.31. The van der Waals surface area contributed by atoms with Crippen LogP contribution in [-0.2, 0) is 4.74 Å². The van der Waals surface area contributed by atoms with Crippen molar-refractivity contribution >= 4 is 15.9 Å². The van der Waals surface area contributed by atoms with Crippen LogP contribution in [0.25, 0.3) is 0 Å². The summed E-state index contributed by atoms with van der Waals surface area (Å²) in [7, 11) is 3.79. The zero-order valence-electron chi connectivity index (χ0n) is 12.1. The van der Waals surface area contributed by atoms with E-state index in [0.717, 1.165) is 41.8 Å². The molecule has 2 N–H and O–H groups in total. The monoisotopic (exact) mass is 342 g/mol. The summed E-state index contributed by atoms with van der Waals surface area (Å²) in [6.45, 7) is 2.33. The highest BCUT2D eigenvalue weighted by Crippen LogP contribution is 2.31. The van der Waals surface area contributed by atoms with E-state index in [2.05, 4.69) is 33.9 Å². The summed E-state index contributed by atoms with van der Waals surface area (Å²) < 4.78 is 12.2. The first-order chi connectivity index (χ1) is 9.65. The number of nitrogens with zero attached hydrogens (tertiary/aromatic N) is 1. The molecule has 1 fully saturated rings. The number of nitrogens with two attached hydrogens (primary N) is 1. The summed E-state index contributed by atoms with van der Waals surface area (Å²) in [6, 6.07) is 6.17. The Morgan fingerprint density at radius 2 is 2.35 bits per heavy atom. The molecule has 1 aliphatic heterocycles. The van der Waals surface area contributed by atoms with E-state index in [0.29, 0.717) is 12.6 Å². The van der Waals surface area contributed by atoms with Gasteiger partial charge in [-0.3, -0.25) is 4.90 Å². The van der Waals surface area contributed by atoms with Gasteiger partial charge >= 0.3 is 0 Å². The maximum absolute atomic E-state index is 6.00. The van der Waals surface area contributed by atoms with Crippen LogP contribution in [0.4, 0.5) is 0 Å². The molecule has 112 valence electrons. The van der Waals surface area contributed by atoms with Crippen LogP contribution in [0, 0.1) is 0 Å². The van der Waals surface area contributed by atoms with Gasteiger partial charge in [0.15, 0.2) is 0 Å². The van der Waals surface area contributed by atoms with Crippen molar-refractivity contribution in [2.75, 3.05) is 33.9 Å². The third-order valence-electron chi connectivity index (χ3n) is 3.82. The molecule has 2 unspecified atom stereocenters. The Morgan fingerprint density at radius 3 is 2.95 bits per heavy atom. The van der Waals surface area contributed by atoms with Crippen molar-refractivity contribution in [2.24, 2.45) is 5.73 Å². The summed E-state index contributed by atoms with van der Waals surface area (Å²) >= 11 is 3.52. The van der Waals surface area contributed by atoms with Gasteiger partial charge in [-0.15, -0.1) is 0 Å². The van der Waals surface area contributed by atoms with Gasteiger partial charge in [0, 0.05) is 29.7 Å². The van der Waals surface area contributed by atoms with Crippen LogP contribution in [0.15, 0.2) is 22.7 Å². The van der Waals surface area contributed by atoms with Gasteiger partial charge in [0.2, 0.25) is 0 Å². The molecule has 20 heavy (non-hydrogen) atoms. The molecule has 4 nitrogen and oxygen atoms in total. The van der Waals surface area contributed by atoms with Gasteiger partial charge in [-0.05, 0) is 38.1 Å². The number of hydrogen-bond donors (Lipinski definition) is 1. The van der Waals surface area contributed by atoms with Crippen molar-refractivity contribution in [3.8, 4) is 5.75 Å². The molecular formula is C15H23BrN2O2. The molecule has 2 atom stereocenters. The molecule has 0 amide bonds. The zero-order valence-corrected chi connectivity index (χ0v) is 13.7. The molecule has 2 rings (SSSR count). The fraction of sp³-hybridized carbons (Fsp3) is 0.600. The Kier molecular flexibility index (Phi) is 5.84. The average molecular weight is 343 g/mol. The Morgan fingerprint density at radius 1 is 1.55 bits per heavy atom. The lowest BCUT2D eigenvalue weighted by Crippen LogP contribution is -2.36. The number of rotatable bonds is 6. The molecule has 5 heteroatoms. The minimum atomic E-state index is 0.131. The van der Waals surface area contributed by atoms with E-state index in [1.165, 1.54) is 0 Å². The molecule has 0 spiro atoms. The highest BCUT2D eigenvalue weighted by atomic mass is 79.9. The fourth-order valence-electron chi connectivity index (χ4n) is 2.75. The Labute approximate surface area is 129 Å². The Balaban J connectivity index is 2.15. The van der Waals surface area contributed by atoms with Crippen molar-refractivity contribution in [2.45, 2.75) is 25.0 Å². The highest BCUT2D eigenvalue weighted by molar-refractivity contribution is 9.10. The predicted molar refractivity (Wildman–Crippen MR) is 84.1 cm³/mol. The molecule has 1 aromatic carbocycles. The summed E-state index contributed by atoms with van der Waals surface area (Å²) in [5, 5.41) is 0. The van der Waals surface area contributed by atoms with Crippen molar-refractivity contribution in [1.29, 1.82) is 0 Å². The van der Waals surface area contributed by atoms with Gasteiger partial charge in [-0.2, -0.15) is 0 Å².